The number of imidazole rings is 4. The van der Waals surface area contributed by atoms with Crippen LogP contribution in [-0.2, 0) is 61.8 Å². The molecule has 4 aromatic carbocycles. The molecule has 0 saturated carbocycles. The Kier molecular flexibility index (Phi) is 17.1. The van der Waals surface area contributed by atoms with Crippen molar-refractivity contribution in [3.8, 4) is 0 Å². The standard InChI is InChI=1S/C50H64N10O2.C2H6/c1-5-25-57-43-21-13-9-17-39(43)51-47(57)35-55(36-48-52-40-18-10-14-22-44(40)58(48)26-6-2)29-31-61-33-34-62-32-30-56(37-49-53-41-19-11-15-23-45(41)59(49)27-7-3)38-50-54-42-20-12-16-24-46(42)60(50)28-8-4;1-2/h9-24H,5-8,25-38H2,1-4H3;1-2H3. The van der Waals surface area contributed by atoms with Gasteiger partial charge in [0.25, 0.3) is 0 Å². The molecular formula is C52H70N10O2. The van der Waals surface area contributed by atoms with E-state index in [4.69, 9.17) is 29.4 Å². The highest BCUT2D eigenvalue weighted by atomic mass is 16.5. The predicted octanol–water partition coefficient (Wildman–Crippen LogP) is 10.5. The van der Waals surface area contributed by atoms with Gasteiger partial charge in [0, 0.05) is 39.3 Å². The minimum absolute atomic E-state index is 0.523. The van der Waals surface area contributed by atoms with E-state index in [2.05, 4.69) is 153 Å². The Morgan fingerprint density at radius 1 is 0.375 bits per heavy atom. The minimum Gasteiger partial charge on any atom is -0.378 e. The molecule has 0 unspecified atom stereocenters. The molecule has 0 spiro atoms. The number of ether oxygens (including phenoxy) is 2. The van der Waals surface area contributed by atoms with Crippen molar-refractivity contribution < 1.29 is 9.47 Å². The summed E-state index contributed by atoms with van der Waals surface area (Å²) in [5.74, 6) is 4.31. The van der Waals surface area contributed by atoms with Crippen LogP contribution in [-0.4, -0.2) is 87.5 Å². The van der Waals surface area contributed by atoms with Gasteiger partial charge in [-0.05, 0) is 74.2 Å². The first-order chi connectivity index (χ1) is 31.6. The zero-order valence-electron chi connectivity index (χ0n) is 39.3. The molecule has 0 amide bonds. The van der Waals surface area contributed by atoms with E-state index in [-0.39, 0.29) is 0 Å². The van der Waals surface area contributed by atoms with Gasteiger partial charge in [0.15, 0.2) is 0 Å². The van der Waals surface area contributed by atoms with Crippen molar-refractivity contribution in [3.05, 3.63) is 120 Å². The molecule has 8 aromatic rings. The number of aryl methyl sites for hydroxylation is 4. The summed E-state index contributed by atoms with van der Waals surface area (Å²) in [7, 11) is 0. The molecule has 0 N–H and O–H groups in total. The van der Waals surface area contributed by atoms with Crippen molar-refractivity contribution in [2.75, 3.05) is 39.5 Å². The number of hydrogen-bond acceptors (Lipinski definition) is 8. The van der Waals surface area contributed by atoms with Crippen molar-refractivity contribution >= 4 is 44.1 Å². The number of fused-ring (bicyclic) bond motifs is 4. The van der Waals surface area contributed by atoms with E-state index in [0.717, 1.165) is 110 Å². The molecule has 4 heterocycles. The average molecular weight is 867 g/mol. The molecule has 0 fully saturated rings. The van der Waals surface area contributed by atoms with Gasteiger partial charge in [0.2, 0.25) is 0 Å². The van der Waals surface area contributed by atoms with Crippen LogP contribution in [0.15, 0.2) is 97.1 Å². The van der Waals surface area contributed by atoms with Crippen LogP contribution in [0, 0.1) is 0 Å². The normalized spacial score (nSPS) is 11.9. The van der Waals surface area contributed by atoms with Gasteiger partial charge in [-0.2, -0.15) is 0 Å². The molecule has 340 valence electrons. The summed E-state index contributed by atoms with van der Waals surface area (Å²) in [4.78, 5) is 25.4. The molecular weight excluding hydrogens is 797 g/mol. The third-order valence-corrected chi connectivity index (χ3v) is 11.7. The fourth-order valence-corrected chi connectivity index (χ4v) is 8.81. The third kappa shape index (κ3) is 11.1. The Morgan fingerprint density at radius 3 is 0.875 bits per heavy atom. The second kappa shape index (κ2) is 23.5. The highest BCUT2D eigenvalue weighted by Crippen LogP contribution is 2.24. The van der Waals surface area contributed by atoms with Crippen LogP contribution >= 0.6 is 0 Å². The second-order valence-corrected chi connectivity index (χ2v) is 16.3. The third-order valence-electron chi connectivity index (χ3n) is 11.7. The van der Waals surface area contributed by atoms with Crippen LogP contribution in [0.4, 0.5) is 0 Å². The zero-order valence-corrected chi connectivity index (χ0v) is 39.3. The predicted molar refractivity (Wildman–Crippen MR) is 261 cm³/mol. The number of benzene rings is 4. The van der Waals surface area contributed by atoms with E-state index in [1.54, 1.807) is 0 Å². The molecule has 0 aliphatic carbocycles. The van der Waals surface area contributed by atoms with Gasteiger partial charge in [0.05, 0.1) is 96.7 Å². The van der Waals surface area contributed by atoms with Crippen LogP contribution in [0.2, 0.25) is 0 Å². The largest absolute Gasteiger partial charge is 0.378 e. The van der Waals surface area contributed by atoms with E-state index in [1.807, 2.05) is 13.8 Å². The molecule has 0 aliphatic rings. The molecule has 12 nitrogen and oxygen atoms in total. The fourth-order valence-electron chi connectivity index (χ4n) is 8.81. The molecule has 0 bridgehead atoms. The first-order valence-electron chi connectivity index (χ1n) is 23.9. The van der Waals surface area contributed by atoms with Gasteiger partial charge in [-0.1, -0.05) is 90.1 Å². The van der Waals surface area contributed by atoms with Gasteiger partial charge >= 0.3 is 0 Å². The number of nitrogens with zero attached hydrogens (tertiary/aromatic N) is 10. The van der Waals surface area contributed by atoms with E-state index < -0.39 is 0 Å². The van der Waals surface area contributed by atoms with E-state index in [1.165, 1.54) is 22.1 Å². The van der Waals surface area contributed by atoms with E-state index in [0.29, 0.717) is 52.6 Å². The van der Waals surface area contributed by atoms with Crippen molar-refractivity contribution in [3.63, 3.8) is 0 Å². The maximum atomic E-state index is 6.30. The Balaban J connectivity index is 0.00000302. The molecule has 0 atom stereocenters. The monoisotopic (exact) mass is 867 g/mol. The topological polar surface area (TPSA) is 96.2 Å². The molecule has 0 saturated heterocycles. The number of aromatic nitrogens is 8. The Morgan fingerprint density at radius 2 is 0.625 bits per heavy atom. The molecule has 12 heteroatoms. The lowest BCUT2D eigenvalue weighted by Crippen LogP contribution is -2.31. The van der Waals surface area contributed by atoms with Gasteiger partial charge in [-0.15, -0.1) is 0 Å². The summed E-state index contributed by atoms with van der Waals surface area (Å²) >= 11 is 0. The van der Waals surface area contributed by atoms with Crippen molar-refractivity contribution in [2.24, 2.45) is 0 Å². The first-order valence-corrected chi connectivity index (χ1v) is 23.9. The maximum Gasteiger partial charge on any atom is 0.124 e. The highest BCUT2D eigenvalue weighted by molar-refractivity contribution is 5.78. The summed E-state index contributed by atoms with van der Waals surface area (Å²) in [6, 6.07) is 33.9. The van der Waals surface area contributed by atoms with Crippen LogP contribution in [0.3, 0.4) is 0 Å². The molecule has 8 rings (SSSR count). The van der Waals surface area contributed by atoms with Crippen molar-refractivity contribution in [1.29, 1.82) is 0 Å². The highest BCUT2D eigenvalue weighted by Gasteiger charge is 2.20. The van der Waals surface area contributed by atoms with Gasteiger partial charge < -0.3 is 27.7 Å². The Hall–Kier alpha value is -5.40. The van der Waals surface area contributed by atoms with Gasteiger partial charge in [0.1, 0.15) is 23.3 Å². The van der Waals surface area contributed by atoms with Crippen molar-refractivity contribution in [2.45, 2.75) is 120 Å². The number of rotatable bonds is 25. The van der Waals surface area contributed by atoms with Gasteiger partial charge in [-0.3, -0.25) is 9.80 Å². The lowest BCUT2D eigenvalue weighted by molar-refractivity contribution is 0.0272. The Labute approximate surface area is 379 Å². The van der Waals surface area contributed by atoms with E-state index >= 15 is 0 Å². The smallest absolute Gasteiger partial charge is 0.124 e. The van der Waals surface area contributed by atoms with Crippen molar-refractivity contribution in [1.82, 2.24) is 48.0 Å². The molecule has 4 aromatic heterocycles. The van der Waals surface area contributed by atoms with E-state index in [9.17, 15) is 0 Å². The summed E-state index contributed by atoms with van der Waals surface area (Å²) in [6.45, 7) is 23.2. The maximum absolute atomic E-state index is 6.30. The fraction of sp³-hybridized carbons (Fsp3) is 0.462. The summed E-state index contributed by atoms with van der Waals surface area (Å²) in [5, 5.41) is 0. The van der Waals surface area contributed by atoms with Crippen LogP contribution in [0.5, 0.6) is 0 Å². The van der Waals surface area contributed by atoms with Gasteiger partial charge in [-0.25, -0.2) is 19.9 Å². The SMILES string of the molecule is CC.CCCn1c(CN(CCOCCOCCN(Cc2nc3ccccc3n2CCC)Cc2nc3ccccc3n2CCC)Cc2nc3ccccc3n2CCC)nc2ccccc21. The molecule has 0 aliphatic heterocycles. The minimum atomic E-state index is 0.523. The first kappa shape index (κ1) is 46.6. The van der Waals surface area contributed by atoms with Crippen LogP contribution in [0.1, 0.15) is 90.5 Å². The Bertz CT molecular complexity index is 2300. The number of hydrogen-bond donors (Lipinski definition) is 0. The lowest BCUT2D eigenvalue weighted by atomic mass is 10.3. The van der Waals surface area contributed by atoms with Crippen LogP contribution < -0.4 is 0 Å². The summed E-state index contributed by atoms with van der Waals surface area (Å²) in [6.07, 6.45) is 4.17. The average Bonchev–Trinajstić information content (AvgIpc) is 4.06. The zero-order chi connectivity index (χ0) is 44.7. The summed E-state index contributed by atoms with van der Waals surface area (Å²) < 4.78 is 22.1. The quantitative estimate of drug-likeness (QED) is 0.0524. The molecule has 0 radical (unpaired) electrons. The lowest BCUT2D eigenvalue weighted by Gasteiger charge is -2.23. The van der Waals surface area contributed by atoms with Crippen LogP contribution in [0.25, 0.3) is 44.1 Å². The summed E-state index contributed by atoms with van der Waals surface area (Å²) in [5.41, 5.74) is 8.92. The molecule has 64 heavy (non-hydrogen) atoms. The number of para-hydroxylation sites is 8. The second-order valence-electron chi connectivity index (χ2n) is 16.3.